The molecule has 0 radical (unpaired) electrons. The maximum atomic E-state index is 12.2. The Morgan fingerprint density at radius 3 is 2.53 bits per heavy atom. The molecule has 3 nitrogen and oxygen atoms in total. The zero-order valence-corrected chi connectivity index (χ0v) is 8.30. The van der Waals surface area contributed by atoms with Gasteiger partial charge in [-0.25, -0.2) is 0 Å². The van der Waals surface area contributed by atoms with E-state index < -0.39 is 18.3 Å². The highest BCUT2D eigenvalue weighted by atomic mass is 19.4. The molecule has 6 heteroatoms. The summed E-state index contributed by atoms with van der Waals surface area (Å²) in [4.78, 5) is 11.9. The van der Waals surface area contributed by atoms with Crippen molar-refractivity contribution >= 4 is 5.91 Å². The maximum absolute atomic E-state index is 12.2. The SMILES string of the molecule is CC1OCC2(CC2)CN1C(=O)C(F)(F)F. The van der Waals surface area contributed by atoms with Crippen molar-refractivity contribution in [1.29, 1.82) is 0 Å². The molecule has 15 heavy (non-hydrogen) atoms. The van der Waals surface area contributed by atoms with Crippen molar-refractivity contribution in [3.63, 3.8) is 0 Å². The van der Waals surface area contributed by atoms with E-state index in [9.17, 15) is 18.0 Å². The topological polar surface area (TPSA) is 29.5 Å². The van der Waals surface area contributed by atoms with Crippen LogP contribution >= 0.6 is 0 Å². The minimum absolute atomic E-state index is 0.173. The number of nitrogens with zero attached hydrogens (tertiary/aromatic N) is 1. The number of ether oxygens (including phenoxy) is 1. The van der Waals surface area contributed by atoms with Crippen LogP contribution in [0.15, 0.2) is 0 Å². The second-order valence-electron chi connectivity index (χ2n) is 4.34. The number of hydrogen-bond donors (Lipinski definition) is 0. The molecule has 1 saturated heterocycles. The molecule has 86 valence electrons. The quantitative estimate of drug-likeness (QED) is 0.623. The molecule has 1 saturated carbocycles. The Kier molecular flexibility index (Phi) is 2.22. The van der Waals surface area contributed by atoms with Crippen molar-refractivity contribution in [2.24, 2.45) is 5.41 Å². The highest BCUT2D eigenvalue weighted by molar-refractivity contribution is 5.82. The van der Waals surface area contributed by atoms with Crippen LogP contribution in [-0.4, -0.2) is 36.4 Å². The lowest BCUT2D eigenvalue weighted by Gasteiger charge is -2.38. The van der Waals surface area contributed by atoms with Gasteiger partial charge in [0, 0.05) is 12.0 Å². The van der Waals surface area contributed by atoms with E-state index in [1.54, 1.807) is 0 Å². The smallest absolute Gasteiger partial charge is 0.358 e. The average molecular weight is 223 g/mol. The fourth-order valence-corrected chi connectivity index (χ4v) is 1.80. The number of carbonyl (C=O) groups excluding carboxylic acids is 1. The highest BCUT2D eigenvalue weighted by Crippen LogP contribution is 2.49. The van der Waals surface area contributed by atoms with Crippen molar-refractivity contribution in [2.45, 2.75) is 32.2 Å². The molecule has 1 atom stereocenters. The summed E-state index contributed by atoms with van der Waals surface area (Å²) in [5, 5.41) is 0. The van der Waals surface area contributed by atoms with Crippen LogP contribution in [0.2, 0.25) is 0 Å². The summed E-state index contributed by atoms with van der Waals surface area (Å²) in [6.45, 7) is 2.11. The Morgan fingerprint density at radius 2 is 2.07 bits per heavy atom. The van der Waals surface area contributed by atoms with Gasteiger partial charge < -0.3 is 9.64 Å². The molecule has 0 N–H and O–H groups in total. The number of amides is 1. The highest BCUT2D eigenvalue weighted by Gasteiger charge is 2.53. The van der Waals surface area contributed by atoms with Crippen molar-refractivity contribution in [3.05, 3.63) is 0 Å². The van der Waals surface area contributed by atoms with E-state index in [2.05, 4.69) is 0 Å². The lowest BCUT2D eigenvalue weighted by atomic mass is 10.1. The predicted molar refractivity (Wildman–Crippen MR) is 44.8 cm³/mol. The molecule has 1 spiro atoms. The molecule has 0 aromatic carbocycles. The fraction of sp³-hybridized carbons (Fsp3) is 0.889. The Balaban J connectivity index is 2.09. The average Bonchev–Trinajstić information content (AvgIpc) is 2.88. The first-order valence-electron chi connectivity index (χ1n) is 4.84. The molecular weight excluding hydrogens is 211 g/mol. The number of alkyl halides is 3. The molecule has 2 aliphatic rings. The molecule has 1 amide bonds. The van der Waals surface area contributed by atoms with Crippen LogP contribution in [0.25, 0.3) is 0 Å². The second-order valence-corrected chi connectivity index (χ2v) is 4.34. The van der Waals surface area contributed by atoms with Crippen LogP contribution in [0.3, 0.4) is 0 Å². The summed E-state index contributed by atoms with van der Waals surface area (Å²) in [5.74, 6) is -1.79. The number of halogens is 3. The number of rotatable bonds is 0. The van der Waals surface area contributed by atoms with Crippen molar-refractivity contribution < 1.29 is 22.7 Å². The molecule has 1 heterocycles. The minimum atomic E-state index is -4.80. The summed E-state index contributed by atoms with van der Waals surface area (Å²) in [6.07, 6.45) is -3.88. The summed E-state index contributed by atoms with van der Waals surface area (Å²) >= 11 is 0. The standard InChI is InChI=1S/C9H12F3NO2/c1-6-13(7(14)9(10,11)12)4-8(2-3-8)5-15-6/h6H,2-5H2,1H3. The van der Waals surface area contributed by atoms with Gasteiger partial charge in [0.2, 0.25) is 0 Å². The van der Waals surface area contributed by atoms with Crippen LogP contribution < -0.4 is 0 Å². The Labute approximate surface area is 85.2 Å². The lowest BCUT2D eigenvalue weighted by molar-refractivity contribution is -0.207. The van der Waals surface area contributed by atoms with E-state index in [4.69, 9.17) is 4.74 Å². The van der Waals surface area contributed by atoms with Crippen LogP contribution in [0, 0.1) is 5.41 Å². The third-order valence-corrected chi connectivity index (χ3v) is 3.04. The van der Waals surface area contributed by atoms with Gasteiger partial charge in [-0.3, -0.25) is 4.79 Å². The minimum Gasteiger partial charge on any atom is -0.358 e. The van der Waals surface area contributed by atoms with Gasteiger partial charge in [0.1, 0.15) is 6.23 Å². The predicted octanol–water partition coefficient (Wildman–Crippen LogP) is 1.53. The summed E-state index contributed by atoms with van der Waals surface area (Å²) in [6, 6.07) is 0. The monoisotopic (exact) mass is 223 g/mol. The van der Waals surface area contributed by atoms with E-state index in [0.29, 0.717) is 6.61 Å². The molecule has 0 aromatic rings. The van der Waals surface area contributed by atoms with Crippen LogP contribution in [-0.2, 0) is 9.53 Å². The molecule has 1 aliphatic carbocycles. The molecular formula is C9H12F3NO2. The van der Waals surface area contributed by atoms with E-state index >= 15 is 0 Å². The first-order valence-corrected chi connectivity index (χ1v) is 4.84. The molecule has 0 aromatic heterocycles. The zero-order valence-electron chi connectivity index (χ0n) is 8.30. The Morgan fingerprint density at radius 1 is 1.47 bits per heavy atom. The van der Waals surface area contributed by atoms with Crippen molar-refractivity contribution in [3.8, 4) is 0 Å². The Bertz CT molecular complexity index is 286. The zero-order chi connectivity index (χ0) is 11.3. The van der Waals surface area contributed by atoms with E-state index in [0.717, 1.165) is 17.7 Å². The Hall–Kier alpha value is -0.780. The van der Waals surface area contributed by atoms with E-state index in [-0.39, 0.29) is 12.0 Å². The van der Waals surface area contributed by atoms with E-state index in [1.165, 1.54) is 6.92 Å². The van der Waals surface area contributed by atoms with Gasteiger partial charge in [0.05, 0.1) is 6.61 Å². The third-order valence-electron chi connectivity index (χ3n) is 3.04. The maximum Gasteiger partial charge on any atom is 0.471 e. The number of hydrogen-bond acceptors (Lipinski definition) is 2. The lowest BCUT2D eigenvalue weighted by Crippen LogP contribution is -2.53. The largest absolute Gasteiger partial charge is 0.471 e. The molecule has 2 rings (SSSR count). The van der Waals surface area contributed by atoms with Crippen molar-refractivity contribution in [2.75, 3.05) is 13.2 Å². The number of carbonyl (C=O) groups is 1. The van der Waals surface area contributed by atoms with Gasteiger partial charge in [-0.15, -0.1) is 0 Å². The van der Waals surface area contributed by atoms with Crippen LogP contribution in [0.4, 0.5) is 13.2 Å². The molecule has 0 bridgehead atoms. The fourth-order valence-electron chi connectivity index (χ4n) is 1.80. The summed E-state index contributed by atoms with van der Waals surface area (Å²) < 4.78 is 41.9. The van der Waals surface area contributed by atoms with Crippen molar-refractivity contribution in [1.82, 2.24) is 4.90 Å². The van der Waals surface area contributed by atoms with Gasteiger partial charge in [0.15, 0.2) is 0 Å². The first kappa shape index (κ1) is 10.7. The molecule has 1 aliphatic heterocycles. The molecule has 2 fully saturated rings. The van der Waals surface area contributed by atoms with Gasteiger partial charge in [-0.2, -0.15) is 13.2 Å². The normalized spacial score (nSPS) is 29.3. The summed E-state index contributed by atoms with van der Waals surface area (Å²) in [5.41, 5.74) is -0.187. The third kappa shape index (κ3) is 1.95. The van der Waals surface area contributed by atoms with E-state index in [1.807, 2.05) is 0 Å². The second kappa shape index (κ2) is 3.10. The van der Waals surface area contributed by atoms with Gasteiger partial charge in [-0.05, 0) is 19.8 Å². The van der Waals surface area contributed by atoms with Crippen LogP contribution in [0.5, 0.6) is 0 Å². The van der Waals surface area contributed by atoms with Gasteiger partial charge >= 0.3 is 12.1 Å². The molecule has 1 unspecified atom stereocenters. The van der Waals surface area contributed by atoms with Crippen LogP contribution in [0.1, 0.15) is 19.8 Å². The summed E-state index contributed by atoms with van der Waals surface area (Å²) in [7, 11) is 0. The van der Waals surface area contributed by atoms with Gasteiger partial charge in [-0.1, -0.05) is 0 Å². The first-order chi connectivity index (χ1) is 6.84. The van der Waals surface area contributed by atoms with Gasteiger partial charge in [0.25, 0.3) is 0 Å².